The monoisotopic (exact) mass is 416 g/mol. The van der Waals surface area contributed by atoms with Crippen LogP contribution in [0.25, 0.3) is 0 Å². The van der Waals surface area contributed by atoms with Crippen molar-refractivity contribution in [2.24, 2.45) is 5.92 Å². The highest BCUT2D eigenvalue weighted by molar-refractivity contribution is 7.80. The van der Waals surface area contributed by atoms with Crippen LogP contribution in [-0.4, -0.2) is 34.0 Å². The SMILES string of the molecule is CC1CCC2(CC1)NC(=O)N(NC(=S)Nc1ccc(OC(F)(F)F)cc1)C2=O. The number of benzene rings is 1. The molecule has 3 N–H and O–H groups in total. The molecular weight excluding hydrogens is 397 g/mol. The van der Waals surface area contributed by atoms with Gasteiger partial charge in [-0.25, -0.2) is 4.79 Å². The van der Waals surface area contributed by atoms with Crippen molar-refractivity contribution in [3.8, 4) is 5.75 Å². The van der Waals surface area contributed by atoms with E-state index in [4.69, 9.17) is 12.2 Å². The maximum Gasteiger partial charge on any atom is 0.573 e. The number of nitrogens with zero attached hydrogens (tertiary/aromatic N) is 1. The highest BCUT2D eigenvalue weighted by Gasteiger charge is 2.52. The van der Waals surface area contributed by atoms with Crippen LogP contribution in [0.3, 0.4) is 0 Å². The van der Waals surface area contributed by atoms with Crippen molar-refractivity contribution in [2.75, 3.05) is 5.32 Å². The van der Waals surface area contributed by atoms with Crippen LogP contribution in [0.4, 0.5) is 23.7 Å². The van der Waals surface area contributed by atoms with Gasteiger partial charge in [0.15, 0.2) is 5.11 Å². The first-order chi connectivity index (χ1) is 13.1. The Labute approximate surface area is 164 Å². The van der Waals surface area contributed by atoms with Crippen molar-refractivity contribution in [3.05, 3.63) is 24.3 Å². The van der Waals surface area contributed by atoms with E-state index in [1.54, 1.807) is 0 Å². The number of anilines is 1. The lowest BCUT2D eigenvalue weighted by molar-refractivity contribution is -0.274. The fourth-order valence-electron chi connectivity index (χ4n) is 3.32. The Bertz CT molecular complexity index is 777. The molecule has 1 heterocycles. The largest absolute Gasteiger partial charge is 0.573 e. The minimum atomic E-state index is -4.78. The number of thiocarbonyl (C=S) groups is 1. The number of amides is 3. The lowest BCUT2D eigenvalue weighted by Gasteiger charge is -2.33. The van der Waals surface area contributed by atoms with Crippen molar-refractivity contribution in [1.82, 2.24) is 15.8 Å². The van der Waals surface area contributed by atoms with Crippen molar-refractivity contribution in [1.29, 1.82) is 0 Å². The number of urea groups is 1. The average molecular weight is 416 g/mol. The predicted molar refractivity (Wildman–Crippen MR) is 98.2 cm³/mol. The number of hydrogen-bond donors (Lipinski definition) is 3. The number of hydrogen-bond acceptors (Lipinski definition) is 4. The van der Waals surface area contributed by atoms with Gasteiger partial charge < -0.3 is 15.4 Å². The van der Waals surface area contributed by atoms with Crippen LogP contribution in [0.2, 0.25) is 0 Å². The van der Waals surface area contributed by atoms with E-state index in [1.165, 1.54) is 12.1 Å². The number of ether oxygens (including phenoxy) is 1. The van der Waals surface area contributed by atoms with Crippen LogP contribution in [0.1, 0.15) is 32.6 Å². The topological polar surface area (TPSA) is 82.7 Å². The fourth-order valence-corrected chi connectivity index (χ4v) is 3.53. The zero-order chi connectivity index (χ0) is 20.5. The number of carbonyl (C=O) groups is 2. The van der Waals surface area contributed by atoms with E-state index in [-0.39, 0.29) is 16.8 Å². The number of hydrazine groups is 1. The molecule has 1 aliphatic heterocycles. The van der Waals surface area contributed by atoms with Gasteiger partial charge in [-0.1, -0.05) is 6.92 Å². The molecule has 1 aliphatic carbocycles. The van der Waals surface area contributed by atoms with Gasteiger partial charge in [-0.3, -0.25) is 10.2 Å². The molecule has 1 spiro atoms. The molecule has 152 valence electrons. The highest BCUT2D eigenvalue weighted by atomic mass is 32.1. The Kier molecular flexibility index (Phi) is 5.37. The summed E-state index contributed by atoms with van der Waals surface area (Å²) in [7, 11) is 0. The summed E-state index contributed by atoms with van der Waals surface area (Å²) in [6, 6.07) is 4.29. The molecule has 0 radical (unpaired) electrons. The summed E-state index contributed by atoms with van der Waals surface area (Å²) in [4.78, 5) is 25.0. The Hall–Kier alpha value is -2.56. The maximum absolute atomic E-state index is 12.7. The molecule has 2 fully saturated rings. The first kappa shape index (κ1) is 20.2. The van der Waals surface area contributed by atoms with Crippen LogP contribution in [0.15, 0.2) is 24.3 Å². The Morgan fingerprint density at radius 3 is 2.43 bits per heavy atom. The molecule has 3 rings (SSSR count). The first-order valence-corrected chi connectivity index (χ1v) is 9.09. The molecule has 1 saturated heterocycles. The Morgan fingerprint density at radius 2 is 1.86 bits per heavy atom. The van der Waals surface area contributed by atoms with E-state index in [2.05, 4.69) is 27.7 Å². The molecule has 0 unspecified atom stereocenters. The van der Waals surface area contributed by atoms with Gasteiger partial charge >= 0.3 is 12.4 Å². The van der Waals surface area contributed by atoms with E-state index in [0.29, 0.717) is 24.4 Å². The van der Waals surface area contributed by atoms with Crippen LogP contribution in [0, 0.1) is 5.92 Å². The molecular formula is C17H19F3N4O3S. The van der Waals surface area contributed by atoms with Crippen molar-refractivity contribution >= 4 is 35.0 Å². The van der Waals surface area contributed by atoms with Gasteiger partial charge in [-0.05, 0) is 68.1 Å². The molecule has 7 nitrogen and oxygen atoms in total. The zero-order valence-corrected chi connectivity index (χ0v) is 15.7. The molecule has 1 saturated carbocycles. The number of nitrogens with one attached hydrogen (secondary N) is 3. The van der Waals surface area contributed by atoms with Gasteiger partial charge in [0.05, 0.1) is 0 Å². The van der Waals surface area contributed by atoms with Crippen LogP contribution in [0.5, 0.6) is 5.75 Å². The summed E-state index contributed by atoms with van der Waals surface area (Å²) < 4.78 is 40.3. The normalized spacial score (nSPS) is 24.9. The lowest BCUT2D eigenvalue weighted by Crippen LogP contribution is -2.52. The van der Waals surface area contributed by atoms with Crippen LogP contribution >= 0.6 is 12.2 Å². The Balaban J connectivity index is 1.59. The van der Waals surface area contributed by atoms with Crippen LogP contribution < -0.4 is 20.8 Å². The Morgan fingerprint density at radius 1 is 1.25 bits per heavy atom. The summed E-state index contributed by atoms with van der Waals surface area (Å²) in [6.07, 6.45) is -1.96. The van der Waals surface area contributed by atoms with E-state index < -0.39 is 17.9 Å². The fraction of sp³-hybridized carbons (Fsp3) is 0.471. The second-order valence-electron chi connectivity index (χ2n) is 6.97. The van der Waals surface area contributed by atoms with Gasteiger partial charge in [0.25, 0.3) is 5.91 Å². The maximum atomic E-state index is 12.7. The molecule has 28 heavy (non-hydrogen) atoms. The molecule has 2 aliphatic rings. The number of carbonyl (C=O) groups excluding carboxylic acids is 2. The van der Waals surface area contributed by atoms with E-state index in [0.717, 1.165) is 30.0 Å². The third-order valence-corrected chi connectivity index (χ3v) is 5.04. The number of rotatable bonds is 3. The van der Waals surface area contributed by atoms with Crippen LogP contribution in [-0.2, 0) is 4.79 Å². The summed E-state index contributed by atoms with van der Waals surface area (Å²) in [5.74, 6) is -0.258. The standard InChI is InChI=1S/C17H19F3N4O3S/c1-10-6-8-16(9-7-10)13(25)24(15(26)22-16)23-14(28)21-11-2-4-12(5-3-11)27-17(18,19)20/h2-5,10H,6-9H2,1H3,(H,22,26)(H2,21,23,28). The quantitative estimate of drug-likeness (QED) is 0.518. The smallest absolute Gasteiger partial charge is 0.406 e. The van der Waals surface area contributed by atoms with Gasteiger partial charge in [-0.2, -0.15) is 5.01 Å². The lowest BCUT2D eigenvalue weighted by atomic mass is 9.77. The van der Waals surface area contributed by atoms with Crippen molar-refractivity contribution in [3.63, 3.8) is 0 Å². The van der Waals surface area contributed by atoms with Crippen molar-refractivity contribution in [2.45, 2.75) is 44.5 Å². The number of imide groups is 1. The number of alkyl halides is 3. The molecule has 0 bridgehead atoms. The minimum absolute atomic E-state index is 0.0470. The average Bonchev–Trinajstić information content (AvgIpc) is 2.82. The van der Waals surface area contributed by atoms with Gasteiger partial charge in [0.1, 0.15) is 11.3 Å². The van der Waals surface area contributed by atoms with Gasteiger partial charge in [-0.15, -0.1) is 13.2 Å². The molecule has 0 atom stereocenters. The van der Waals surface area contributed by atoms with E-state index in [9.17, 15) is 22.8 Å². The predicted octanol–water partition coefficient (Wildman–Crippen LogP) is 3.29. The molecule has 0 aromatic heterocycles. The third-order valence-electron chi connectivity index (χ3n) is 4.85. The van der Waals surface area contributed by atoms with Crippen molar-refractivity contribution < 1.29 is 27.5 Å². The second-order valence-corrected chi connectivity index (χ2v) is 7.38. The third kappa shape index (κ3) is 4.46. The first-order valence-electron chi connectivity index (χ1n) is 8.68. The summed E-state index contributed by atoms with van der Waals surface area (Å²) >= 11 is 5.10. The molecule has 3 amide bonds. The molecule has 1 aromatic rings. The minimum Gasteiger partial charge on any atom is -0.406 e. The summed E-state index contributed by atoms with van der Waals surface area (Å²) in [5.41, 5.74) is 2.00. The summed E-state index contributed by atoms with van der Waals surface area (Å²) in [5, 5.41) is 6.25. The van der Waals surface area contributed by atoms with Gasteiger partial charge in [0, 0.05) is 5.69 Å². The number of halogens is 3. The molecule has 11 heteroatoms. The van der Waals surface area contributed by atoms with E-state index >= 15 is 0 Å². The highest BCUT2D eigenvalue weighted by Crippen LogP contribution is 2.35. The van der Waals surface area contributed by atoms with E-state index in [1.807, 2.05) is 0 Å². The summed E-state index contributed by atoms with van der Waals surface area (Å²) in [6.45, 7) is 2.11. The second kappa shape index (κ2) is 7.46. The zero-order valence-electron chi connectivity index (χ0n) is 14.9. The molecule has 1 aromatic carbocycles. The van der Waals surface area contributed by atoms with Gasteiger partial charge in [0.2, 0.25) is 0 Å².